The van der Waals surface area contributed by atoms with E-state index in [4.69, 9.17) is 11.6 Å². The summed E-state index contributed by atoms with van der Waals surface area (Å²) in [6.07, 6.45) is 2.20. The molecule has 3 heterocycles. The molecule has 1 N–H and O–H groups in total. The van der Waals surface area contributed by atoms with Crippen LogP contribution in [-0.4, -0.2) is 58.9 Å². The van der Waals surface area contributed by atoms with E-state index < -0.39 is 0 Å². The van der Waals surface area contributed by atoms with E-state index in [0.29, 0.717) is 6.54 Å². The van der Waals surface area contributed by atoms with Crippen molar-refractivity contribution in [2.75, 3.05) is 38.1 Å². The van der Waals surface area contributed by atoms with E-state index >= 15 is 0 Å². The summed E-state index contributed by atoms with van der Waals surface area (Å²) in [4.78, 5) is 9.17. The number of aliphatic imine (C=N–C) groups is 1. The van der Waals surface area contributed by atoms with Crippen LogP contribution in [0.25, 0.3) is 0 Å². The summed E-state index contributed by atoms with van der Waals surface area (Å²) in [7, 11) is 1.84. The first kappa shape index (κ1) is 21.2. The summed E-state index contributed by atoms with van der Waals surface area (Å²) in [5.74, 6) is 3.02. The van der Waals surface area contributed by atoms with Crippen LogP contribution in [0.3, 0.4) is 0 Å². The van der Waals surface area contributed by atoms with Crippen molar-refractivity contribution in [2.45, 2.75) is 32.9 Å². The highest BCUT2D eigenvalue weighted by Gasteiger charge is 2.22. The minimum Gasteiger partial charge on any atom is -0.368 e. The molecule has 152 valence electrons. The summed E-state index contributed by atoms with van der Waals surface area (Å²) < 4.78 is 2.22. The number of anilines is 1. The van der Waals surface area contributed by atoms with Gasteiger partial charge in [0.15, 0.2) is 11.8 Å². The number of benzene rings is 1. The molecular formula is C19H27ClIN7. The van der Waals surface area contributed by atoms with Gasteiger partial charge in [-0.25, -0.2) is 0 Å². The lowest BCUT2D eigenvalue weighted by atomic mass is 10.1. The number of aromatic nitrogens is 3. The van der Waals surface area contributed by atoms with Gasteiger partial charge in [-0.3, -0.25) is 4.99 Å². The number of fused-ring (bicyclic) bond motifs is 1. The van der Waals surface area contributed by atoms with Crippen LogP contribution in [0.2, 0.25) is 5.02 Å². The summed E-state index contributed by atoms with van der Waals surface area (Å²) in [6.45, 7) is 7.55. The van der Waals surface area contributed by atoms with Crippen LogP contribution in [0.1, 0.15) is 23.6 Å². The maximum absolute atomic E-state index is 6.19. The molecule has 0 saturated carbocycles. The number of nitrogens with zero attached hydrogens (tertiary/aromatic N) is 6. The van der Waals surface area contributed by atoms with Crippen LogP contribution in [0.4, 0.5) is 5.69 Å². The number of halogens is 2. The zero-order valence-electron chi connectivity index (χ0n) is 16.4. The Kier molecular flexibility index (Phi) is 7.03. The number of rotatable bonds is 3. The van der Waals surface area contributed by atoms with Gasteiger partial charge < -0.3 is 19.7 Å². The van der Waals surface area contributed by atoms with E-state index in [0.717, 1.165) is 68.2 Å². The van der Waals surface area contributed by atoms with Gasteiger partial charge in [-0.2, -0.15) is 0 Å². The number of nitrogens with one attached hydrogen (secondary N) is 1. The Hall–Kier alpha value is -1.55. The first-order chi connectivity index (χ1) is 13.2. The van der Waals surface area contributed by atoms with Crippen LogP contribution in [0.5, 0.6) is 0 Å². The standard InChI is InChI=1S/C19H26ClN7.HI/c1-14-5-6-15(20)12-16(14)25-8-10-26(11-9-25)19(21-2)22-13-18-24-23-17-4-3-7-27(17)18;/h5-6,12H,3-4,7-11,13H2,1-2H3,(H,21,22);1H. The topological polar surface area (TPSA) is 61.6 Å². The summed E-state index contributed by atoms with van der Waals surface area (Å²) in [6, 6.07) is 6.09. The Bertz CT molecular complexity index is 843. The van der Waals surface area contributed by atoms with Crippen molar-refractivity contribution in [2.24, 2.45) is 4.99 Å². The highest BCUT2D eigenvalue weighted by atomic mass is 127. The zero-order valence-corrected chi connectivity index (χ0v) is 19.4. The van der Waals surface area contributed by atoms with Crippen molar-refractivity contribution in [1.29, 1.82) is 0 Å². The predicted molar refractivity (Wildman–Crippen MR) is 124 cm³/mol. The molecule has 2 aliphatic heterocycles. The maximum Gasteiger partial charge on any atom is 0.194 e. The fourth-order valence-electron chi connectivity index (χ4n) is 3.91. The molecule has 1 aromatic heterocycles. The maximum atomic E-state index is 6.19. The zero-order chi connectivity index (χ0) is 18.8. The molecule has 2 aromatic rings. The normalized spacial score (nSPS) is 16.8. The molecule has 0 atom stereocenters. The predicted octanol–water partition coefficient (Wildman–Crippen LogP) is 2.70. The molecule has 1 fully saturated rings. The molecule has 0 amide bonds. The number of hydrogen-bond donors (Lipinski definition) is 1. The molecule has 9 heteroatoms. The van der Waals surface area contributed by atoms with Crippen LogP contribution in [0.15, 0.2) is 23.2 Å². The van der Waals surface area contributed by atoms with E-state index in [1.165, 1.54) is 11.3 Å². The fraction of sp³-hybridized carbons (Fsp3) is 0.526. The van der Waals surface area contributed by atoms with Gasteiger partial charge in [0, 0.05) is 56.9 Å². The van der Waals surface area contributed by atoms with Crippen LogP contribution in [-0.2, 0) is 19.5 Å². The van der Waals surface area contributed by atoms with Gasteiger partial charge in [-0.05, 0) is 31.0 Å². The van der Waals surface area contributed by atoms with Crippen molar-refractivity contribution in [3.05, 3.63) is 40.4 Å². The minimum atomic E-state index is 0. The minimum absolute atomic E-state index is 0. The molecular weight excluding hydrogens is 489 g/mol. The fourth-order valence-corrected chi connectivity index (χ4v) is 4.08. The Balaban J connectivity index is 0.00000225. The Morgan fingerprint density at radius 1 is 1.18 bits per heavy atom. The Morgan fingerprint density at radius 3 is 2.71 bits per heavy atom. The molecule has 0 aliphatic carbocycles. The quantitative estimate of drug-likeness (QED) is 0.387. The van der Waals surface area contributed by atoms with Crippen LogP contribution < -0.4 is 10.2 Å². The number of hydrogen-bond acceptors (Lipinski definition) is 4. The van der Waals surface area contributed by atoms with Crippen molar-refractivity contribution >= 4 is 47.2 Å². The molecule has 0 unspecified atom stereocenters. The van der Waals surface area contributed by atoms with Gasteiger partial charge in [-0.1, -0.05) is 17.7 Å². The second kappa shape index (κ2) is 9.30. The molecule has 0 bridgehead atoms. The van der Waals surface area contributed by atoms with Crippen LogP contribution in [0, 0.1) is 6.92 Å². The first-order valence-corrected chi connectivity index (χ1v) is 9.91. The number of piperazine rings is 1. The molecule has 4 rings (SSSR count). The highest BCUT2D eigenvalue weighted by Crippen LogP contribution is 2.25. The number of guanidine groups is 1. The number of aryl methyl sites for hydroxylation is 2. The lowest BCUT2D eigenvalue weighted by Crippen LogP contribution is -2.52. The molecule has 7 nitrogen and oxygen atoms in total. The van der Waals surface area contributed by atoms with Crippen molar-refractivity contribution < 1.29 is 0 Å². The smallest absolute Gasteiger partial charge is 0.194 e. The van der Waals surface area contributed by atoms with E-state index in [9.17, 15) is 0 Å². The third kappa shape index (κ3) is 4.37. The first-order valence-electron chi connectivity index (χ1n) is 9.53. The molecule has 0 radical (unpaired) electrons. The van der Waals surface area contributed by atoms with E-state index in [1.807, 2.05) is 13.1 Å². The molecule has 28 heavy (non-hydrogen) atoms. The van der Waals surface area contributed by atoms with Crippen molar-refractivity contribution in [3.8, 4) is 0 Å². The summed E-state index contributed by atoms with van der Waals surface area (Å²) >= 11 is 6.19. The monoisotopic (exact) mass is 515 g/mol. The Morgan fingerprint density at radius 2 is 1.96 bits per heavy atom. The molecule has 2 aliphatic rings. The summed E-state index contributed by atoms with van der Waals surface area (Å²) in [5.41, 5.74) is 2.49. The van der Waals surface area contributed by atoms with E-state index in [-0.39, 0.29) is 24.0 Å². The third-order valence-corrected chi connectivity index (χ3v) is 5.63. The molecule has 1 aromatic carbocycles. The average Bonchev–Trinajstić information content (AvgIpc) is 3.29. The second-order valence-corrected chi connectivity index (χ2v) is 7.53. The largest absolute Gasteiger partial charge is 0.368 e. The molecule has 0 spiro atoms. The SMILES string of the molecule is CN=C(NCc1nnc2n1CCC2)N1CCN(c2cc(Cl)ccc2C)CC1.I. The van der Waals surface area contributed by atoms with Crippen molar-refractivity contribution in [1.82, 2.24) is 25.0 Å². The van der Waals surface area contributed by atoms with Gasteiger partial charge >= 0.3 is 0 Å². The highest BCUT2D eigenvalue weighted by molar-refractivity contribution is 14.0. The third-order valence-electron chi connectivity index (χ3n) is 5.39. The van der Waals surface area contributed by atoms with Gasteiger partial charge in [0.25, 0.3) is 0 Å². The van der Waals surface area contributed by atoms with Gasteiger partial charge in [0.1, 0.15) is 5.82 Å². The second-order valence-electron chi connectivity index (χ2n) is 7.09. The van der Waals surface area contributed by atoms with Gasteiger partial charge in [0.05, 0.1) is 6.54 Å². The van der Waals surface area contributed by atoms with Crippen LogP contribution >= 0.6 is 35.6 Å². The van der Waals surface area contributed by atoms with Gasteiger partial charge in [0.2, 0.25) is 0 Å². The lowest BCUT2D eigenvalue weighted by molar-refractivity contribution is 0.371. The summed E-state index contributed by atoms with van der Waals surface area (Å²) in [5, 5.41) is 12.8. The average molecular weight is 516 g/mol. The van der Waals surface area contributed by atoms with E-state index in [2.05, 4.69) is 53.9 Å². The van der Waals surface area contributed by atoms with Crippen molar-refractivity contribution in [3.63, 3.8) is 0 Å². The molecule has 1 saturated heterocycles. The lowest BCUT2D eigenvalue weighted by Gasteiger charge is -2.38. The Labute approximate surface area is 188 Å². The van der Waals surface area contributed by atoms with Gasteiger partial charge in [-0.15, -0.1) is 34.2 Å². The van der Waals surface area contributed by atoms with E-state index in [1.54, 1.807) is 0 Å².